The number of carbonyl (C=O) groups is 2. The highest BCUT2D eigenvalue weighted by atomic mass is 32.2. The highest BCUT2D eigenvalue weighted by Crippen LogP contribution is 2.25. The number of sulfonamides is 1. The summed E-state index contributed by atoms with van der Waals surface area (Å²) in [6.45, 7) is 0.228. The van der Waals surface area contributed by atoms with Crippen molar-refractivity contribution in [2.45, 2.75) is 13.0 Å². The molecule has 0 bridgehead atoms. The van der Waals surface area contributed by atoms with Crippen LogP contribution in [0.5, 0.6) is 0 Å². The fraction of sp³-hybridized carbons (Fsp3) is 0.294. The van der Waals surface area contributed by atoms with Gasteiger partial charge in [0.1, 0.15) is 12.4 Å². The molecule has 0 N–H and O–H groups in total. The van der Waals surface area contributed by atoms with E-state index in [1.54, 1.807) is 12.1 Å². The number of esters is 2. The maximum Gasteiger partial charge on any atom is 0.373 e. The minimum absolute atomic E-state index is 0.0137. The van der Waals surface area contributed by atoms with E-state index in [1.807, 2.05) is 0 Å². The monoisotopic (exact) mass is 379 g/mol. The van der Waals surface area contributed by atoms with E-state index in [9.17, 15) is 18.0 Å². The Morgan fingerprint density at radius 2 is 2.00 bits per heavy atom. The number of hydrogen-bond acceptors (Lipinski definition) is 7. The van der Waals surface area contributed by atoms with Gasteiger partial charge in [-0.1, -0.05) is 6.07 Å². The summed E-state index contributed by atoms with van der Waals surface area (Å²) in [5.41, 5.74) is 0.660. The Morgan fingerprint density at radius 3 is 2.69 bits per heavy atom. The van der Waals surface area contributed by atoms with Crippen molar-refractivity contribution in [1.29, 1.82) is 0 Å². The summed E-state index contributed by atoms with van der Waals surface area (Å²) >= 11 is 0. The Morgan fingerprint density at radius 1 is 1.19 bits per heavy atom. The van der Waals surface area contributed by atoms with E-state index < -0.39 is 22.0 Å². The van der Waals surface area contributed by atoms with Gasteiger partial charge in [-0.3, -0.25) is 4.31 Å². The van der Waals surface area contributed by atoms with Gasteiger partial charge in [0.05, 0.1) is 24.1 Å². The van der Waals surface area contributed by atoms with Crippen LogP contribution in [0.25, 0.3) is 0 Å². The van der Waals surface area contributed by atoms with Crippen molar-refractivity contribution < 1.29 is 31.9 Å². The molecule has 1 fully saturated rings. The fourth-order valence-electron chi connectivity index (χ4n) is 2.60. The predicted molar refractivity (Wildman–Crippen MR) is 91.4 cm³/mol. The minimum Gasteiger partial charge on any atom is -0.463 e. The van der Waals surface area contributed by atoms with Gasteiger partial charge >= 0.3 is 11.9 Å². The van der Waals surface area contributed by atoms with E-state index in [1.165, 1.54) is 35.7 Å². The quantitative estimate of drug-likeness (QED) is 0.732. The standard InChI is InChI=1S/C17H17NO7S/c1-23-17(20)15-7-6-14(25-15)11-24-16(19)12-4-2-5-13(10-12)18-8-3-9-26(18,21)22/h2,4-7,10H,3,8-9,11H2,1H3. The van der Waals surface area contributed by atoms with Crippen molar-refractivity contribution in [3.8, 4) is 0 Å². The molecule has 0 aliphatic carbocycles. The Bertz CT molecular complexity index is 932. The van der Waals surface area contributed by atoms with Crippen LogP contribution in [0.3, 0.4) is 0 Å². The van der Waals surface area contributed by atoms with E-state index >= 15 is 0 Å². The maximum absolute atomic E-state index is 12.2. The average Bonchev–Trinajstić information content (AvgIpc) is 3.25. The second-order valence-corrected chi connectivity index (χ2v) is 7.64. The number of anilines is 1. The summed E-state index contributed by atoms with van der Waals surface area (Å²) in [6.07, 6.45) is 0.554. The molecule has 138 valence electrons. The lowest BCUT2D eigenvalue weighted by Gasteiger charge is -2.17. The maximum atomic E-state index is 12.2. The largest absolute Gasteiger partial charge is 0.463 e. The summed E-state index contributed by atoms with van der Waals surface area (Å²) in [4.78, 5) is 23.5. The first kappa shape index (κ1) is 18.0. The number of nitrogens with zero attached hydrogens (tertiary/aromatic N) is 1. The minimum atomic E-state index is -3.32. The number of furan rings is 1. The lowest BCUT2D eigenvalue weighted by Crippen LogP contribution is -2.25. The molecule has 3 rings (SSSR count). The molecule has 1 aliphatic rings. The van der Waals surface area contributed by atoms with Gasteiger partial charge in [0.15, 0.2) is 0 Å². The van der Waals surface area contributed by atoms with Gasteiger partial charge in [-0.05, 0) is 36.8 Å². The summed E-state index contributed by atoms with van der Waals surface area (Å²) in [5.74, 6) is -0.846. The van der Waals surface area contributed by atoms with Crippen LogP contribution in [0.4, 0.5) is 5.69 Å². The molecule has 2 heterocycles. The Balaban J connectivity index is 1.68. The van der Waals surface area contributed by atoms with Crippen LogP contribution in [-0.4, -0.2) is 39.8 Å². The van der Waals surface area contributed by atoms with E-state index in [0.29, 0.717) is 18.7 Å². The zero-order valence-electron chi connectivity index (χ0n) is 14.0. The Kier molecular flexibility index (Phi) is 4.99. The van der Waals surface area contributed by atoms with Gasteiger partial charge < -0.3 is 13.9 Å². The van der Waals surface area contributed by atoms with Crippen LogP contribution in [0, 0.1) is 0 Å². The van der Waals surface area contributed by atoms with E-state index in [0.717, 1.165) is 0 Å². The van der Waals surface area contributed by atoms with Crippen LogP contribution < -0.4 is 4.31 Å². The summed E-state index contributed by atoms with van der Waals surface area (Å²) in [5, 5.41) is 0. The number of carbonyl (C=O) groups excluding carboxylic acids is 2. The molecular formula is C17H17NO7S. The van der Waals surface area contributed by atoms with Gasteiger partial charge in [0, 0.05) is 6.54 Å². The number of methoxy groups -OCH3 is 1. The van der Waals surface area contributed by atoms with Crippen LogP contribution in [-0.2, 0) is 26.1 Å². The van der Waals surface area contributed by atoms with Crippen LogP contribution >= 0.6 is 0 Å². The molecule has 0 unspecified atom stereocenters. The smallest absolute Gasteiger partial charge is 0.373 e. The molecule has 0 radical (unpaired) electrons. The molecule has 1 aromatic heterocycles. The zero-order chi connectivity index (χ0) is 18.7. The second-order valence-electron chi connectivity index (χ2n) is 5.63. The first-order valence-electron chi connectivity index (χ1n) is 7.85. The number of rotatable bonds is 5. The van der Waals surface area contributed by atoms with Crippen molar-refractivity contribution in [2.24, 2.45) is 0 Å². The highest BCUT2D eigenvalue weighted by Gasteiger charge is 2.28. The van der Waals surface area contributed by atoms with Crippen LogP contribution in [0.15, 0.2) is 40.8 Å². The van der Waals surface area contributed by atoms with E-state index in [4.69, 9.17) is 9.15 Å². The molecule has 0 saturated carbocycles. The van der Waals surface area contributed by atoms with E-state index in [-0.39, 0.29) is 29.4 Å². The van der Waals surface area contributed by atoms with Gasteiger partial charge in [0.25, 0.3) is 0 Å². The third-order valence-electron chi connectivity index (χ3n) is 3.86. The van der Waals surface area contributed by atoms with Gasteiger partial charge in [0.2, 0.25) is 15.8 Å². The summed E-state index contributed by atoms with van der Waals surface area (Å²) in [7, 11) is -2.09. The molecule has 26 heavy (non-hydrogen) atoms. The van der Waals surface area contributed by atoms with Crippen LogP contribution in [0.2, 0.25) is 0 Å². The highest BCUT2D eigenvalue weighted by molar-refractivity contribution is 7.93. The SMILES string of the molecule is COC(=O)c1ccc(COC(=O)c2cccc(N3CCCS3(=O)=O)c2)o1. The Hall–Kier alpha value is -2.81. The molecule has 0 atom stereocenters. The molecule has 9 heteroatoms. The molecule has 1 saturated heterocycles. The molecule has 1 aliphatic heterocycles. The molecule has 0 spiro atoms. The molecule has 8 nitrogen and oxygen atoms in total. The van der Waals surface area contributed by atoms with Crippen molar-refractivity contribution in [2.75, 3.05) is 23.7 Å². The topological polar surface area (TPSA) is 103 Å². The zero-order valence-corrected chi connectivity index (χ0v) is 14.8. The molecule has 0 amide bonds. The summed E-state index contributed by atoms with van der Waals surface area (Å²) < 4.78 is 40.2. The molecule has 1 aromatic carbocycles. The van der Waals surface area contributed by atoms with Crippen molar-refractivity contribution in [1.82, 2.24) is 0 Å². The first-order valence-corrected chi connectivity index (χ1v) is 9.46. The first-order chi connectivity index (χ1) is 12.4. The van der Waals surface area contributed by atoms with Crippen LogP contribution in [0.1, 0.15) is 33.1 Å². The third kappa shape index (κ3) is 3.72. The number of ether oxygens (including phenoxy) is 2. The number of benzene rings is 1. The average molecular weight is 379 g/mol. The van der Waals surface area contributed by atoms with Gasteiger partial charge in [-0.2, -0.15) is 0 Å². The van der Waals surface area contributed by atoms with Crippen molar-refractivity contribution >= 4 is 27.6 Å². The van der Waals surface area contributed by atoms with Gasteiger partial charge in [-0.25, -0.2) is 18.0 Å². The van der Waals surface area contributed by atoms with Gasteiger partial charge in [-0.15, -0.1) is 0 Å². The Labute approximate surface area is 150 Å². The van der Waals surface area contributed by atoms with Crippen molar-refractivity contribution in [3.63, 3.8) is 0 Å². The molecule has 2 aromatic rings. The fourth-order valence-corrected chi connectivity index (χ4v) is 4.16. The lowest BCUT2D eigenvalue weighted by molar-refractivity contribution is 0.0438. The molecular weight excluding hydrogens is 362 g/mol. The van der Waals surface area contributed by atoms with Crippen molar-refractivity contribution in [3.05, 3.63) is 53.5 Å². The number of hydrogen-bond donors (Lipinski definition) is 0. The van der Waals surface area contributed by atoms with E-state index in [2.05, 4.69) is 4.74 Å². The second kappa shape index (κ2) is 7.20. The lowest BCUT2D eigenvalue weighted by atomic mass is 10.2. The predicted octanol–water partition coefficient (Wildman–Crippen LogP) is 1.96. The summed E-state index contributed by atoms with van der Waals surface area (Å²) in [6, 6.07) is 9.18. The normalized spacial score (nSPS) is 15.7. The third-order valence-corrected chi connectivity index (χ3v) is 5.73.